The molecule has 2 aromatic heterocycles. The van der Waals surface area contributed by atoms with Crippen molar-refractivity contribution < 1.29 is 17.8 Å². The van der Waals surface area contributed by atoms with Gasteiger partial charge in [-0.15, -0.1) is 0 Å². The first kappa shape index (κ1) is 17.3. The number of rotatable bonds is 7. The predicted molar refractivity (Wildman–Crippen MR) is 92.6 cm³/mol. The van der Waals surface area contributed by atoms with Crippen LogP contribution in [-0.4, -0.2) is 17.6 Å². The monoisotopic (exact) mass is 378 g/mol. The molecule has 0 aliphatic rings. The van der Waals surface area contributed by atoms with Crippen LogP contribution in [0.15, 0.2) is 68.8 Å². The zero-order valence-corrected chi connectivity index (χ0v) is 14.6. The van der Waals surface area contributed by atoms with Crippen LogP contribution in [0.5, 0.6) is 0 Å². The number of nitro groups is 1. The number of non-ortho nitro benzene ring substituents is 1. The summed E-state index contributed by atoms with van der Waals surface area (Å²) in [4.78, 5) is 10.2. The highest BCUT2D eigenvalue weighted by atomic mass is 32.2. The first-order valence-electron chi connectivity index (χ1n) is 7.25. The van der Waals surface area contributed by atoms with Gasteiger partial charge in [-0.1, -0.05) is 6.07 Å². The van der Waals surface area contributed by atoms with Crippen molar-refractivity contribution in [3.8, 4) is 0 Å². The first-order chi connectivity index (χ1) is 12.0. The molecule has 1 aromatic carbocycles. The van der Waals surface area contributed by atoms with Gasteiger partial charge in [-0.25, -0.2) is 8.42 Å². The molecule has 0 atom stereocenters. The molecule has 0 aliphatic heterocycles. The number of furan rings is 1. The van der Waals surface area contributed by atoms with Crippen molar-refractivity contribution in [2.24, 2.45) is 0 Å². The highest BCUT2D eigenvalue weighted by Gasteiger charge is 2.27. The van der Waals surface area contributed by atoms with Crippen LogP contribution in [0.25, 0.3) is 0 Å². The van der Waals surface area contributed by atoms with Gasteiger partial charge in [0.15, 0.2) is 0 Å². The van der Waals surface area contributed by atoms with Crippen LogP contribution in [0.3, 0.4) is 0 Å². The van der Waals surface area contributed by atoms with E-state index < -0.39 is 14.9 Å². The van der Waals surface area contributed by atoms with E-state index in [9.17, 15) is 18.5 Å². The van der Waals surface area contributed by atoms with Crippen LogP contribution in [0, 0.1) is 10.1 Å². The molecule has 3 aromatic rings. The summed E-state index contributed by atoms with van der Waals surface area (Å²) in [6, 6.07) is 10.2. The second kappa shape index (κ2) is 7.18. The molecule has 9 heteroatoms. The number of thiophene rings is 1. The van der Waals surface area contributed by atoms with Gasteiger partial charge in [0.25, 0.3) is 5.69 Å². The maximum Gasteiger partial charge on any atom is 0.270 e. The second-order valence-corrected chi connectivity index (χ2v) is 7.96. The Morgan fingerprint density at radius 3 is 2.64 bits per heavy atom. The summed E-state index contributed by atoms with van der Waals surface area (Å²) in [5.74, 6) is 0.490. The van der Waals surface area contributed by atoms with Crippen molar-refractivity contribution in [2.75, 3.05) is 0 Å². The van der Waals surface area contributed by atoms with Crippen molar-refractivity contribution in [1.82, 2.24) is 4.31 Å². The Bertz CT molecular complexity index is 914. The number of hydrogen-bond acceptors (Lipinski definition) is 6. The van der Waals surface area contributed by atoms with E-state index in [2.05, 4.69) is 0 Å². The van der Waals surface area contributed by atoms with Gasteiger partial charge in [-0.2, -0.15) is 15.6 Å². The lowest BCUT2D eigenvalue weighted by atomic mass is 10.3. The van der Waals surface area contributed by atoms with Gasteiger partial charge in [0, 0.05) is 18.7 Å². The molecule has 0 radical (unpaired) electrons. The third-order valence-electron chi connectivity index (χ3n) is 3.52. The third-order valence-corrected chi connectivity index (χ3v) is 6.04. The molecule has 130 valence electrons. The van der Waals surface area contributed by atoms with Crippen LogP contribution in [-0.2, 0) is 23.1 Å². The van der Waals surface area contributed by atoms with E-state index in [1.54, 1.807) is 12.1 Å². The summed E-state index contributed by atoms with van der Waals surface area (Å²) in [6.07, 6.45) is 1.47. The highest BCUT2D eigenvalue weighted by molar-refractivity contribution is 7.89. The quantitative estimate of drug-likeness (QED) is 0.462. The fraction of sp³-hybridized carbons (Fsp3) is 0.125. The number of hydrogen-bond donors (Lipinski definition) is 0. The molecule has 25 heavy (non-hydrogen) atoms. The molecule has 0 saturated carbocycles. The van der Waals surface area contributed by atoms with Crippen molar-refractivity contribution in [2.45, 2.75) is 18.0 Å². The topological polar surface area (TPSA) is 93.7 Å². The maximum absolute atomic E-state index is 13.0. The third kappa shape index (κ3) is 3.95. The summed E-state index contributed by atoms with van der Waals surface area (Å²) in [5, 5.41) is 14.7. The maximum atomic E-state index is 13.0. The molecular formula is C16H14N2O5S2. The lowest BCUT2D eigenvalue weighted by Gasteiger charge is -2.20. The number of sulfonamides is 1. The average Bonchev–Trinajstić information content (AvgIpc) is 3.28. The Balaban J connectivity index is 1.97. The van der Waals surface area contributed by atoms with E-state index >= 15 is 0 Å². The van der Waals surface area contributed by atoms with Gasteiger partial charge < -0.3 is 4.42 Å². The molecule has 0 aliphatic carbocycles. The Kier molecular flexibility index (Phi) is 4.98. The summed E-state index contributed by atoms with van der Waals surface area (Å²) in [7, 11) is -3.94. The van der Waals surface area contributed by atoms with Gasteiger partial charge in [0.05, 0.1) is 22.6 Å². The van der Waals surface area contributed by atoms with Crippen LogP contribution < -0.4 is 0 Å². The van der Waals surface area contributed by atoms with E-state index in [-0.39, 0.29) is 23.7 Å². The summed E-state index contributed by atoms with van der Waals surface area (Å²) in [6.45, 7) is 0.184. The summed E-state index contributed by atoms with van der Waals surface area (Å²) in [5.41, 5.74) is 0.570. The number of nitrogens with zero attached hydrogens (tertiary/aromatic N) is 2. The van der Waals surface area contributed by atoms with E-state index in [0.717, 1.165) is 11.6 Å². The molecule has 7 nitrogen and oxygen atoms in total. The minimum atomic E-state index is -3.94. The average molecular weight is 378 g/mol. The number of nitro benzene ring substituents is 1. The molecular weight excluding hydrogens is 364 g/mol. The Morgan fingerprint density at radius 1 is 1.16 bits per heavy atom. The van der Waals surface area contributed by atoms with Crippen LogP contribution in [0.1, 0.15) is 11.3 Å². The molecule has 0 bridgehead atoms. The smallest absolute Gasteiger partial charge is 0.270 e. The van der Waals surface area contributed by atoms with Crippen LogP contribution >= 0.6 is 11.3 Å². The predicted octanol–water partition coefficient (Wildman–Crippen LogP) is 3.64. The Morgan fingerprint density at radius 2 is 2.00 bits per heavy atom. The molecule has 0 spiro atoms. The van der Waals surface area contributed by atoms with Crippen LogP contribution in [0.2, 0.25) is 0 Å². The van der Waals surface area contributed by atoms with Gasteiger partial charge in [-0.3, -0.25) is 10.1 Å². The van der Waals surface area contributed by atoms with E-state index in [4.69, 9.17) is 4.42 Å². The largest absolute Gasteiger partial charge is 0.468 e. The number of benzene rings is 1. The minimum Gasteiger partial charge on any atom is -0.468 e. The normalized spacial score (nSPS) is 11.7. The zero-order valence-electron chi connectivity index (χ0n) is 12.9. The van der Waals surface area contributed by atoms with Crippen molar-refractivity contribution in [3.05, 3.63) is 80.9 Å². The molecule has 0 N–H and O–H groups in total. The summed E-state index contributed by atoms with van der Waals surface area (Å²) >= 11 is 1.47. The Hall–Kier alpha value is -2.49. The van der Waals surface area contributed by atoms with Crippen molar-refractivity contribution in [3.63, 3.8) is 0 Å². The minimum absolute atomic E-state index is 0.0356. The molecule has 0 fully saturated rings. The SMILES string of the molecule is O=[N+]([O-])c1cccc(S(=O)(=O)N(Cc2ccsc2)Cc2ccco2)c1. The van der Waals surface area contributed by atoms with Gasteiger partial charge in [0.1, 0.15) is 5.76 Å². The lowest BCUT2D eigenvalue weighted by Crippen LogP contribution is -2.30. The molecule has 2 heterocycles. The van der Waals surface area contributed by atoms with Gasteiger partial charge in [-0.05, 0) is 40.6 Å². The van der Waals surface area contributed by atoms with Gasteiger partial charge in [0.2, 0.25) is 10.0 Å². The van der Waals surface area contributed by atoms with E-state index in [1.165, 1.54) is 40.1 Å². The molecule has 0 amide bonds. The zero-order chi connectivity index (χ0) is 17.9. The van der Waals surface area contributed by atoms with Gasteiger partial charge >= 0.3 is 0 Å². The first-order valence-corrected chi connectivity index (χ1v) is 9.63. The molecule has 0 unspecified atom stereocenters. The fourth-order valence-electron chi connectivity index (χ4n) is 2.30. The van der Waals surface area contributed by atoms with E-state index in [1.807, 2.05) is 16.8 Å². The van der Waals surface area contributed by atoms with Crippen LogP contribution in [0.4, 0.5) is 5.69 Å². The summed E-state index contributed by atoms with van der Waals surface area (Å²) < 4.78 is 32.6. The molecule has 3 rings (SSSR count). The fourth-order valence-corrected chi connectivity index (χ4v) is 4.39. The second-order valence-electron chi connectivity index (χ2n) is 5.24. The van der Waals surface area contributed by atoms with E-state index in [0.29, 0.717) is 5.76 Å². The van der Waals surface area contributed by atoms with Crippen molar-refractivity contribution >= 4 is 27.0 Å². The standard InChI is InChI=1S/C16H14N2O5S2/c19-18(20)14-3-1-5-16(9-14)25(21,22)17(10-13-6-8-24-12-13)11-15-4-2-7-23-15/h1-9,12H,10-11H2. The van der Waals surface area contributed by atoms with Crippen molar-refractivity contribution in [1.29, 1.82) is 0 Å². The highest BCUT2D eigenvalue weighted by Crippen LogP contribution is 2.25. The molecule has 0 saturated heterocycles. The lowest BCUT2D eigenvalue weighted by molar-refractivity contribution is -0.385. The Labute approximate surface area is 148 Å².